The molecule has 0 aliphatic rings. The van der Waals surface area contributed by atoms with Crippen LogP contribution in [0.4, 0.5) is 0 Å². The van der Waals surface area contributed by atoms with Gasteiger partial charge in [-0.3, -0.25) is 9.59 Å². The molecule has 0 amide bonds. The van der Waals surface area contributed by atoms with Crippen molar-refractivity contribution in [2.75, 3.05) is 0 Å². The average Bonchev–Trinajstić information content (AvgIpc) is 2.83. The van der Waals surface area contributed by atoms with Crippen molar-refractivity contribution < 1.29 is 23.8 Å². The zero-order valence-electron chi connectivity index (χ0n) is 19.7. The molecular formula is C30H26O5. The maximum Gasteiger partial charge on any atom is 0.308 e. The van der Waals surface area contributed by atoms with E-state index < -0.39 is 0 Å². The summed E-state index contributed by atoms with van der Waals surface area (Å²) in [6.45, 7) is 2.75. The van der Waals surface area contributed by atoms with Gasteiger partial charge in [0.15, 0.2) is 0 Å². The van der Waals surface area contributed by atoms with Gasteiger partial charge in [0.1, 0.15) is 23.0 Å². The van der Waals surface area contributed by atoms with E-state index in [-0.39, 0.29) is 11.9 Å². The van der Waals surface area contributed by atoms with Crippen LogP contribution in [0, 0.1) is 0 Å². The molecule has 4 aromatic rings. The number of esters is 2. The molecule has 176 valence electrons. The molecule has 0 aliphatic carbocycles. The minimum atomic E-state index is -0.379. The minimum Gasteiger partial charge on any atom is -0.457 e. The van der Waals surface area contributed by atoms with Crippen molar-refractivity contribution in [3.8, 4) is 23.0 Å². The van der Waals surface area contributed by atoms with Crippen LogP contribution < -0.4 is 14.2 Å². The summed E-state index contributed by atoms with van der Waals surface area (Å²) in [4.78, 5) is 23.0. The van der Waals surface area contributed by atoms with E-state index in [4.69, 9.17) is 14.2 Å². The van der Waals surface area contributed by atoms with Gasteiger partial charge in [0.05, 0.1) is 0 Å². The summed E-state index contributed by atoms with van der Waals surface area (Å²) in [5, 5.41) is 0. The predicted octanol–water partition coefficient (Wildman–Crippen LogP) is 6.51. The Morgan fingerprint density at radius 3 is 1.34 bits per heavy atom. The smallest absolute Gasteiger partial charge is 0.308 e. The standard InChI is InChI=1S/C30H26O5/c1-21(31)33-27-13-15-29(25(19-27)17-23-9-5-3-6-10-23)35-30-16-14-28(34-22(2)32)20-26(30)18-24-11-7-4-8-12-24/h3-16,19-20H,17-18H2,1-2H3. The van der Waals surface area contributed by atoms with Crippen molar-refractivity contribution >= 4 is 11.9 Å². The molecule has 35 heavy (non-hydrogen) atoms. The topological polar surface area (TPSA) is 61.8 Å². The van der Waals surface area contributed by atoms with E-state index in [0.29, 0.717) is 35.8 Å². The number of benzene rings is 4. The molecule has 0 aliphatic heterocycles. The number of carbonyl (C=O) groups excluding carboxylic acids is 2. The highest BCUT2D eigenvalue weighted by atomic mass is 16.5. The van der Waals surface area contributed by atoms with E-state index in [2.05, 4.69) is 0 Å². The fraction of sp³-hybridized carbons (Fsp3) is 0.133. The number of rotatable bonds is 8. The largest absolute Gasteiger partial charge is 0.457 e. The Morgan fingerprint density at radius 1 is 0.571 bits per heavy atom. The minimum absolute atomic E-state index is 0.379. The zero-order chi connectivity index (χ0) is 24.6. The molecule has 4 rings (SSSR count). The first-order chi connectivity index (χ1) is 17.0. The molecule has 0 saturated carbocycles. The van der Waals surface area contributed by atoms with Crippen molar-refractivity contribution in [2.24, 2.45) is 0 Å². The van der Waals surface area contributed by atoms with Gasteiger partial charge in [-0.05, 0) is 47.5 Å². The Balaban J connectivity index is 1.70. The van der Waals surface area contributed by atoms with E-state index in [1.807, 2.05) is 84.9 Å². The predicted molar refractivity (Wildman–Crippen MR) is 134 cm³/mol. The van der Waals surface area contributed by atoms with Crippen LogP contribution in [0.2, 0.25) is 0 Å². The summed E-state index contributed by atoms with van der Waals surface area (Å²) in [6, 6.07) is 30.7. The average molecular weight is 467 g/mol. The lowest BCUT2D eigenvalue weighted by atomic mass is 10.0. The van der Waals surface area contributed by atoms with Gasteiger partial charge in [0, 0.05) is 37.8 Å². The van der Waals surface area contributed by atoms with E-state index in [9.17, 15) is 9.59 Å². The summed E-state index contributed by atoms with van der Waals surface area (Å²) >= 11 is 0. The lowest BCUT2D eigenvalue weighted by molar-refractivity contribution is -0.132. The molecule has 0 radical (unpaired) electrons. The molecule has 0 fully saturated rings. The summed E-state index contributed by atoms with van der Waals surface area (Å²) in [6.07, 6.45) is 1.20. The first kappa shape index (κ1) is 23.8. The third-order valence-corrected chi connectivity index (χ3v) is 5.28. The lowest BCUT2D eigenvalue weighted by Gasteiger charge is -2.17. The second kappa shape index (κ2) is 11.2. The van der Waals surface area contributed by atoms with Crippen LogP contribution in [0.3, 0.4) is 0 Å². The third kappa shape index (κ3) is 6.81. The van der Waals surface area contributed by atoms with Crippen molar-refractivity contribution in [1.29, 1.82) is 0 Å². The highest BCUT2D eigenvalue weighted by Crippen LogP contribution is 2.35. The van der Waals surface area contributed by atoms with Gasteiger partial charge in [-0.2, -0.15) is 0 Å². The molecule has 5 nitrogen and oxygen atoms in total. The highest BCUT2D eigenvalue weighted by molar-refractivity contribution is 5.70. The Morgan fingerprint density at radius 2 is 0.971 bits per heavy atom. The van der Waals surface area contributed by atoms with Crippen molar-refractivity contribution in [1.82, 2.24) is 0 Å². The molecule has 4 aromatic carbocycles. The lowest BCUT2D eigenvalue weighted by Crippen LogP contribution is -2.04. The number of carbonyl (C=O) groups is 2. The molecule has 5 heteroatoms. The Hall–Kier alpha value is -4.38. The summed E-state index contributed by atoms with van der Waals surface area (Å²) < 4.78 is 17.0. The van der Waals surface area contributed by atoms with Gasteiger partial charge in [-0.1, -0.05) is 60.7 Å². The maximum absolute atomic E-state index is 11.5. The number of hydrogen-bond donors (Lipinski definition) is 0. The SMILES string of the molecule is CC(=O)Oc1ccc(Oc2ccc(OC(C)=O)cc2Cc2ccccc2)c(Cc2ccccc2)c1. The fourth-order valence-electron chi connectivity index (χ4n) is 3.80. The number of hydrogen-bond acceptors (Lipinski definition) is 5. The Bertz CT molecular complexity index is 1210. The van der Waals surface area contributed by atoms with Crippen LogP contribution in [0.1, 0.15) is 36.1 Å². The Kier molecular flexibility index (Phi) is 7.58. The van der Waals surface area contributed by atoms with E-state index in [1.54, 1.807) is 12.1 Å². The van der Waals surface area contributed by atoms with E-state index >= 15 is 0 Å². The summed E-state index contributed by atoms with van der Waals surface area (Å²) in [5.74, 6) is 1.47. The van der Waals surface area contributed by atoms with E-state index in [0.717, 1.165) is 22.3 Å². The van der Waals surface area contributed by atoms with E-state index in [1.165, 1.54) is 13.8 Å². The summed E-state index contributed by atoms with van der Waals surface area (Å²) in [7, 11) is 0. The molecule has 0 heterocycles. The van der Waals surface area contributed by atoms with Crippen LogP contribution in [0.25, 0.3) is 0 Å². The second-order valence-electron chi connectivity index (χ2n) is 8.15. The van der Waals surface area contributed by atoms with Gasteiger partial charge in [0.2, 0.25) is 0 Å². The molecule has 0 atom stereocenters. The van der Waals surface area contributed by atoms with Crippen molar-refractivity contribution in [2.45, 2.75) is 26.7 Å². The molecule has 0 spiro atoms. The van der Waals surface area contributed by atoms with Crippen LogP contribution >= 0.6 is 0 Å². The maximum atomic E-state index is 11.5. The van der Waals surface area contributed by atoms with Gasteiger partial charge >= 0.3 is 11.9 Å². The van der Waals surface area contributed by atoms with Crippen molar-refractivity contribution in [3.63, 3.8) is 0 Å². The van der Waals surface area contributed by atoms with Crippen LogP contribution in [0.5, 0.6) is 23.0 Å². The van der Waals surface area contributed by atoms with Crippen LogP contribution in [0.15, 0.2) is 97.1 Å². The number of ether oxygens (including phenoxy) is 3. The molecular weight excluding hydrogens is 440 g/mol. The molecule has 0 aromatic heterocycles. The second-order valence-corrected chi connectivity index (χ2v) is 8.15. The molecule has 0 saturated heterocycles. The monoisotopic (exact) mass is 466 g/mol. The highest BCUT2D eigenvalue weighted by Gasteiger charge is 2.14. The van der Waals surface area contributed by atoms with Gasteiger partial charge in [0.25, 0.3) is 0 Å². The molecule has 0 unspecified atom stereocenters. The van der Waals surface area contributed by atoms with Crippen LogP contribution in [-0.2, 0) is 22.4 Å². The third-order valence-electron chi connectivity index (χ3n) is 5.28. The van der Waals surface area contributed by atoms with Gasteiger partial charge < -0.3 is 14.2 Å². The fourth-order valence-corrected chi connectivity index (χ4v) is 3.80. The molecule has 0 N–H and O–H groups in total. The van der Waals surface area contributed by atoms with Crippen molar-refractivity contribution in [3.05, 3.63) is 119 Å². The van der Waals surface area contributed by atoms with Gasteiger partial charge in [-0.25, -0.2) is 0 Å². The normalized spacial score (nSPS) is 10.5. The molecule has 0 bridgehead atoms. The first-order valence-electron chi connectivity index (χ1n) is 11.3. The quantitative estimate of drug-likeness (QED) is 0.219. The van der Waals surface area contributed by atoms with Gasteiger partial charge in [-0.15, -0.1) is 0 Å². The first-order valence-corrected chi connectivity index (χ1v) is 11.3. The zero-order valence-corrected chi connectivity index (χ0v) is 19.7. The summed E-state index contributed by atoms with van der Waals surface area (Å²) in [5.41, 5.74) is 3.97. The Labute approximate surface area is 204 Å². The van der Waals surface area contributed by atoms with Crippen LogP contribution in [-0.4, -0.2) is 11.9 Å².